The molecule has 0 saturated carbocycles. The summed E-state index contributed by atoms with van der Waals surface area (Å²) in [6, 6.07) is 0. The van der Waals surface area contributed by atoms with E-state index in [0.717, 1.165) is 6.21 Å². The first-order chi connectivity index (χ1) is 5.09. The van der Waals surface area contributed by atoms with Crippen molar-refractivity contribution in [2.75, 3.05) is 0 Å². The minimum atomic E-state index is 0.329. The number of nitrogens with one attached hydrogen (secondary N) is 1. The van der Waals surface area contributed by atoms with E-state index in [-0.39, 0.29) is 0 Å². The van der Waals surface area contributed by atoms with E-state index in [1.165, 1.54) is 0 Å². The molecule has 0 aliphatic carbocycles. The Bertz CT molecular complexity index is 171. The molecule has 0 rings (SSSR count). The molecule has 0 aromatic heterocycles. The van der Waals surface area contributed by atoms with Gasteiger partial charge < -0.3 is 5.41 Å². The Morgan fingerprint density at radius 1 is 1.36 bits per heavy atom. The zero-order valence-corrected chi connectivity index (χ0v) is 8.55. The molecule has 0 heterocycles. The lowest BCUT2D eigenvalue weighted by Gasteiger charge is -1.95. The maximum Gasteiger partial charge on any atom is 0.0625 e. The third-order valence-electron chi connectivity index (χ3n) is 0.892. The van der Waals surface area contributed by atoms with E-state index in [1.54, 1.807) is 6.92 Å². The average Bonchev–Trinajstić information content (AvgIpc) is 2.05. The van der Waals surface area contributed by atoms with Crippen LogP contribution in [0.15, 0.2) is 22.2 Å². The highest BCUT2D eigenvalue weighted by molar-refractivity contribution is 6.41. The van der Waals surface area contributed by atoms with Crippen LogP contribution in [0.4, 0.5) is 0 Å². The molecule has 1 nitrogen and oxygen atoms in total. The number of halogens is 2. The number of hydrogen-bond donors (Lipinski definition) is 1. The Hall–Kier alpha value is -0.270. The molecular weight excluding hydrogens is 181 g/mol. The van der Waals surface area contributed by atoms with Crippen LogP contribution in [0.2, 0.25) is 0 Å². The second-order valence-corrected chi connectivity index (χ2v) is 2.39. The van der Waals surface area contributed by atoms with E-state index >= 15 is 0 Å². The van der Waals surface area contributed by atoms with Crippen molar-refractivity contribution >= 4 is 29.4 Å². The SMILES string of the molecule is C=C(Cl)/C(C)=C(/Cl)C=N.CC. The van der Waals surface area contributed by atoms with Gasteiger partial charge in [-0.1, -0.05) is 43.6 Å². The topological polar surface area (TPSA) is 23.9 Å². The van der Waals surface area contributed by atoms with E-state index in [2.05, 4.69) is 6.58 Å². The molecule has 64 valence electrons. The number of hydrogen-bond acceptors (Lipinski definition) is 1. The average molecular weight is 194 g/mol. The van der Waals surface area contributed by atoms with Crippen LogP contribution in [0.1, 0.15) is 20.8 Å². The molecule has 0 aromatic rings. The second-order valence-electron chi connectivity index (χ2n) is 1.52. The van der Waals surface area contributed by atoms with Gasteiger partial charge in [-0.25, -0.2) is 0 Å². The molecular formula is C8H13Cl2N. The van der Waals surface area contributed by atoms with Gasteiger partial charge in [0.1, 0.15) is 0 Å². The summed E-state index contributed by atoms with van der Waals surface area (Å²) in [5, 5.41) is 7.42. The van der Waals surface area contributed by atoms with Crippen LogP contribution in [0.25, 0.3) is 0 Å². The first-order valence-corrected chi connectivity index (χ1v) is 4.06. The summed E-state index contributed by atoms with van der Waals surface area (Å²) >= 11 is 11.0. The lowest BCUT2D eigenvalue weighted by molar-refractivity contribution is 1.48. The minimum Gasteiger partial charge on any atom is -0.307 e. The molecule has 0 atom stereocenters. The number of rotatable bonds is 2. The van der Waals surface area contributed by atoms with Crippen molar-refractivity contribution in [2.24, 2.45) is 0 Å². The van der Waals surface area contributed by atoms with Gasteiger partial charge in [-0.05, 0) is 12.5 Å². The first kappa shape index (κ1) is 13.3. The van der Waals surface area contributed by atoms with Crippen LogP contribution in [-0.2, 0) is 0 Å². The maximum absolute atomic E-state index is 6.72. The Morgan fingerprint density at radius 3 is 1.82 bits per heavy atom. The molecule has 3 heteroatoms. The van der Waals surface area contributed by atoms with E-state index in [4.69, 9.17) is 28.6 Å². The van der Waals surface area contributed by atoms with E-state index < -0.39 is 0 Å². The highest BCUT2D eigenvalue weighted by atomic mass is 35.5. The fraction of sp³-hybridized carbons (Fsp3) is 0.375. The summed E-state index contributed by atoms with van der Waals surface area (Å²) in [4.78, 5) is 0. The van der Waals surface area contributed by atoms with Crippen molar-refractivity contribution in [3.05, 3.63) is 22.2 Å². The molecule has 0 unspecified atom stereocenters. The fourth-order valence-electron chi connectivity index (χ4n) is 0.238. The van der Waals surface area contributed by atoms with Crippen LogP contribution in [0.5, 0.6) is 0 Å². The van der Waals surface area contributed by atoms with Gasteiger partial charge in [0.05, 0.1) is 5.03 Å². The van der Waals surface area contributed by atoms with Crippen LogP contribution in [0.3, 0.4) is 0 Å². The van der Waals surface area contributed by atoms with Crippen LogP contribution in [0, 0.1) is 5.41 Å². The normalized spacial score (nSPS) is 10.6. The van der Waals surface area contributed by atoms with Crippen molar-refractivity contribution < 1.29 is 0 Å². The predicted octanol–water partition coefficient (Wildman–Crippen LogP) is 3.93. The van der Waals surface area contributed by atoms with Crippen molar-refractivity contribution in [3.8, 4) is 0 Å². The quantitative estimate of drug-likeness (QED) is 0.508. The summed E-state index contributed by atoms with van der Waals surface area (Å²) in [6.45, 7) is 9.15. The monoisotopic (exact) mass is 193 g/mol. The molecule has 11 heavy (non-hydrogen) atoms. The van der Waals surface area contributed by atoms with Crippen LogP contribution < -0.4 is 0 Å². The standard InChI is InChI=1S/C6H7Cl2N.C2H6/c1-4(5(2)7)6(8)3-9;1-2/h3,9H,2H2,1H3;1-2H3/b6-4+,9-3?;. The molecule has 0 fully saturated rings. The maximum atomic E-state index is 6.72. The van der Waals surface area contributed by atoms with Gasteiger partial charge in [0.25, 0.3) is 0 Å². The molecule has 0 spiro atoms. The summed E-state index contributed by atoms with van der Waals surface area (Å²) in [7, 11) is 0. The Labute approximate surface area is 78.2 Å². The third-order valence-corrected chi connectivity index (χ3v) is 1.57. The number of allylic oxidation sites excluding steroid dienone is 3. The summed E-state index contributed by atoms with van der Waals surface area (Å²) in [5.74, 6) is 0. The van der Waals surface area contributed by atoms with Gasteiger partial charge >= 0.3 is 0 Å². The Kier molecular flexibility index (Phi) is 9.49. The zero-order chi connectivity index (χ0) is 9.44. The summed E-state index contributed by atoms with van der Waals surface area (Å²) in [5.41, 5.74) is 0.647. The smallest absolute Gasteiger partial charge is 0.0625 e. The molecule has 0 amide bonds. The molecule has 0 aliphatic rings. The Morgan fingerprint density at radius 2 is 1.73 bits per heavy atom. The van der Waals surface area contributed by atoms with Gasteiger partial charge in [-0.15, -0.1) is 0 Å². The lowest BCUT2D eigenvalue weighted by Crippen LogP contribution is -1.80. The molecule has 1 N–H and O–H groups in total. The summed E-state index contributed by atoms with van der Waals surface area (Å²) < 4.78 is 0. The molecule has 0 saturated heterocycles. The van der Waals surface area contributed by atoms with Crippen molar-refractivity contribution in [1.29, 1.82) is 5.41 Å². The third kappa shape index (κ3) is 6.14. The van der Waals surface area contributed by atoms with Crippen molar-refractivity contribution in [3.63, 3.8) is 0 Å². The van der Waals surface area contributed by atoms with Gasteiger partial charge in [-0.2, -0.15) is 0 Å². The molecule has 0 bridgehead atoms. The lowest BCUT2D eigenvalue weighted by atomic mass is 10.3. The van der Waals surface area contributed by atoms with Crippen LogP contribution >= 0.6 is 23.2 Å². The second kappa shape index (κ2) is 7.83. The largest absolute Gasteiger partial charge is 0.307 e. The first-order valence-electron chi connectivity index (χ1n) is 3.31. The van der Waals surface area contributed by atoms with E-state index in [1.807, 2.05) is 13.8 Å². The molecule has 0 aliphatic heterocycles. The molecule has 0 aromatic carbocycles. The van der Waals surface area contributed by atoms with E-state index in [9.17, 15) is 0 Å². The van der Waals surface area contributed by atoms with Gasteiger partial charge in [0.15, 0.2) is 0 Å². The van der Waals surface area contributed by atoms with Crippen LogP contribution in [-0.4, -0.2) is 6.21 Å². The zero-order valence-electron chi connectivity index (χ0n) is 7.04. The summed E-state index contributed by atoms with van der Waals surface area (Å²) in [6.07, 6.45) is 1.03. The Balaban J connectivity index is 0. The van der Waals surface area contributed by atoms with Gasteiger partial charge in [0.2, 0.25) is 0 Å². The van der Waals surface area contributed by atoms with Gasteiger partial charge in [-0.3, -0.25) is 0 Å². The fourth-order valence-corrected chi connectivity index (χ4v) is 0.502. The van der Waals surface area contributed by atoms with E-state index in [0.29, 0.717) is 15.6 Å². The van der Waals surface area contributed by atoms with Crippen molar-refractivity contribution in [1.82, 2.24) is 0 Å². The predicted molar refractivity (Wildman–Crippen MR) is 53.7 cm³/mol. The highest BCUT2D eigenvalue weighted by Gasteiger charge is 1.96. The highest BCUT2D eigenvalue weighted by Crippen LogP contribution is 2.16. The minimum absolute atomic E-state index is 0.329. The molecule has 0 radical (unpaired) electrons. The van der Waals surface area contributed by atoms with Gasteiger partial charge in [0, 0.05) is 11.2 Å². The van der Waals surface area contributed by atoms with Crippen molar-refractivity contribution in [2.45, 2.75) is 20.8 Å².